The fourth-order valence-electron chi connectivity index (χ4n) is 1.26. The summed E-state index contributed by atoms with van der Waals surface area (Å²) in [4.78, 5) is 11.2. The number of amides is 1. The standard InChI is InChI=1S/C9H16N2O/c1-3-5-8(6-4-2)9(12)11-7-10/h8H,3-6H2,1-2H3,(H,11,12). The molecule has 0 unspecified atom stereocenters. The highest BCUT2D eigenvalue weighted by atomic mass is 16.1. The Morgan fingerprint density at radius 1 is 1.42 bits per heavy atom. The lowest BCUT2D eigenvalue weighted by molar-refractivity contribution is -0.124. The van der Waals surface area contributed by atoms with E-state index >= 15 is 0 Å². The molecule has 0 bridgehead atoms. The van der Waals surface area contributed by atoms with Gasteiger partial charge in [-0.2, -0.15) is 5.26 Å². The number of rotatable bonds is 5. The van der Waals surface area contributed by atoms with Crippen molar-refractivity contribution in [1.82, 2.24) is 5.32 Å². The summed E-state index contributed by atoms with van der Waals surface area (Å²) in [6.07, 6.45) is 5.40. The highest BCUT2D eigenvalue weighted by Gasteiger charge is 2.15. The van der Waals surface area contributed by atoms with E-state index in [9.17, 15) is 4.79 Å². The molecule has 0 aromatic carbocycles. The number of nitriles is 1. The normalized spacial score (nSPS) is 9.50. The van der Waals surface area contributed by atoms with Crippen LogP contribution in [0.25, 0.3) is 0 Å². The van der Waals surface area contributed by atoms with Crippen molar-refractivity contribution in [2.45, 2.75) is 39.5 Å². The Morgan fingerprint density at radius 2 is 1.92 bits per heavy atom. The zero-order chi connectivity index (χ0) is 9.40. The molecule has 1 N–H and O–H groups in total. The van der Waals surface area contributed by atoms with Gasteiger partial charge in [-0.25, -0.2) is 0 Å². The van der Waals surface area contributed by atoms with Crippen molar-refractivity contribution >= 4 is 5.91 Å². The fourth-order valence-corrected chi connectivity index (χ4v) is 1.26. The molecule has 0 aliphatic rings. The van der Waals surface area contributed by atoms with Crippen molar-refractivity contribution in [1.29, 1.82) is 5.26 Å². The highest BCUT2D eigenvalue weighted by Crippen LogP contribution is 2.12. The molecule has 0 aliphatic heterocycles. The Balaban J connectivity index is 3.92. The third-order valence-electron chi connectivity index (χ3n) is 1.82. The van der Waals surface area contributed by atoms with E-state index in [2.05, 4.69) is 5.32 Å². The van der Waals surface area contributed by atoms with Crippen LogP contribution in [-0.4, -0.2) is 5.91 Å². The molecule has 0 heterocycles. The summed E-state index contributed by atoms with van der Waals surface area (Å²) in [5.74, 6) is -0.0964. The first-order chi connectivity index (χ1) is 5.76. The van der Waals surface area contributed by atoms with E-state index in [1.54, 1.807) is 6.19 Å². The molecule has 12 heavy (non-hydrogen) atoms. The molecular weight excluding hydrogens is 152 g/mol. The minimum Gasteiger partial charge on any atom is -0.274 e. The maximum absolute atomic E-state index is 11.2. The van der Waals surface area contributed by atoms with E-state index in [0.717, 1.165) is 25.7 Å². The van der Waals surface area contributed by atoms with Crippen LogP contribution in [0.4, 0.5) is 0 Å². The first kappa shape index (κ1) is 11.0. The molecule has 0 fully saturated rings. The Morgan fingerprint density at radius 3 is 2.25 bits per heavy atom. The van der Waals surface area contributed by atoms with Gasteiger partial charge in [-0.05, 0) is 12.8 Å². The monoisotopic (exact) mass is 168 g/mol. The first-order valence-corrected chi connectivity index (χ1v) is 4.45. The van der Waals surface area contributed by atoms with E-state index in [1.165, 1.54) is 0 Å². The summed E-state index contributed by atoms with van der Waals surface area (Å²) in [5.41, 5.74) is 0. The number of hydrogen-bond donors (Lipinski definition) is 1. The van der Waals surface area contributed by atoms with Gasteiger partial charge in [0.15, 0.2) is 6.19 Å². The summed E-state index contributed by atoms with van der Waals surface area (Å²) in [6.45, 7) is 4.09. The molecular formula is C9H16N2O. The molecule has 0 saturated carbocycles. The van der Waals surface area contributed by atoms with Crippen molar-refractivity contribution in [3.05, 3.63) is 0 Å². The van der Waals surface area contributed by atoms with Gasteiger partial charge in [0.2, 0.25) is 5.91 Å². The minimum atomic E-state index is -0.124. The van der Waals surface area contributed by atoms with Gasteiger partial charge in [0.05, 0.1) is 0 Å². The van der Waals surface area contributed by atoms with Crippen molar-refractivity contribution in [2.75, 3.05) is 0 Å². The first-order valence-electron chi connectivity index (χ1n) is 4.45. The summed E-state index contributed by atoms with van der Waals surface area (Å²) in [6, 6.07) is 0. The molecule has 0 saturated heterocycles. The second-order valence-corrected chi connectivity index (χ2v) is 2.88. The Kier molecular flexibility index (Phi) is 6.08. The van der Waals surface area contributed by atoms with Crippen LogP contribution in [-0.2, 0) is 4.79 Å². The Labute approximate surface area is 73.8 Å². The van der Waals surface area contributed by atoms with Gasteiger partial charge >= 0.3 is 0 Å². The molecule has 68 valence electrons. The summed E-state index contributed by atoms with van der Waals surface area (Å²) >= 11 is 0. The lowest BCUT2D eigenvalue weighted by atomic mass is 9.97. The molecule has 0 aromatic rings. The van der Waals surface area contributed by atoms with Crippen LogP contribution >= 0.6 is 0 Å². The molecule has 3 nitrogen and oxygen atoms in total. The number of nitrogens with zero attached hydrogens (tertiary/aromatic N) is 1. The van der Waals surface area contributed by atoms with Gasteiger partial charge in [0.25, 0.3) is 0 Å². The molecule has 0 aromatic heterocycles. The Bertz CT molecular complexity index is 166. The SMILES string of the molecule is CCCC(CCC)C(=O)NC#N. The molecule has 1 amide bonds. The quantitative estimate of drug-likeness (QED) is 0.502. The van der Waals surface area contributed by atoms with Gasteiger partial charge in [0.1, 0.15) is 0 Å². The van der Waals surface area contributed by atoms with Gasteiger partial charge in [-0.3, -0.25) is 10.1 Å². The van der Waals surface area contributed by atoms with Crippen molar-refractivity contribution in [3.63, 3.8) is 0 Å². The van der Waals surface area contributed by atoms with Crippen LogP contribution in [0.1, 0.15) is 39.5 Å². The molecule has 0 aliphatic carbocycles. The van der Waals surface area contributed by atoms with E-state index in [-0.39, 0.29) is 11.8 Å². The van der Waals surface area contributed by atoms with Crippen molar-refractivity contribution in [2.24, 2.45) is 5.92 Å². The van der Waals surface area contributed by atoms with E-state index in [0.29, 0.717) is 0 Å². The minimum absolute atomic E-state index is 0.0275. The second kappa shape index (κ2) is 6.66. The third kappa shape index (κ3) is 3.97. The predicted molar refractivity (Wildman–Crippen MR) is 47.1 cm³/mol. The van der Waals surface area contributed by atoms with E-state index < -0.39 is 0 Å². The number of hydrogen-bond acceptors (Lipinski definition) is 2. The number of carbonyl (C=O) groups is 1. The van der Waals surface area contributed by atoms with Gasteiger partial charge in [0, 0.05) is 5.92 Å². The average Bonchev–Trinajstić information content (AvgIpc) is 2.04. The van der Waals surface area contributed by atoms with Crippen LogP contribution < -0.4 is 5.32 Å². The predicted octanol–water partition coefficient (Wildman–Crippen LogP) is 1.80. The Hall–Kier alpha value is -1.04. The van der Waals surface area contributed by atoms with Crippen LogP contribution in [0.3, 0.4) is 0 Å². The topological polar surface area (TPSA) is 52.9 Å². The molecule has 3 heteroatoms. The molecule has 0 atom stereocenters. The largest absolute Gasteiger partial charge is 0.274 e. The molecule has 0 rings (SSSR count). The van der Waals surface area contributed by atoms with Crippen LogP contribution in [0.5, 0.6) is 0 Å². The smallest absolute Gasteiger partial charge is 0.236 e. The second-order valence-electron chi connectivity index (χ2n) is 2.88. The van der Waals surface area contributed by atoms with Crippen LogP contribution in [0.15, 0.2) is 0 Å². The van der Waals surface area contributed by atoms with Gasteiger partial charge < -0.3 is 0 Å². The fraction of sp³-hybridized carbons (Fsp3) is 0.778. The van der Waals surface area contributed by atoms with Crippen LogP contribution in [0.2, 0.25) is 0 Å². The summed E-state index contributed by atoms with van der Waals surface area (Å²) in [5, 5.41) is 10.4. The lowest BCUT2D eigenvalue weighted by Gasteiger charge is -2.11. The van der Waals surface area contributed by atoms with E-state index in [1.807, 2.05) is 13.8 Å². The maximum atomic E-state index is 11.2. The third-order valence-corrected chi connectivity index (χ3v) is 1.82. The average molecular weight is 168 g/mol. The van der Waals surface area contributed by atoms with Gasteiger partial charge in [-0.15, -0.1) is 0 Å². The van der Waals surface area contributed by atoms with Crippen molar-refractivity contribution in [3.8, 4) is 6.19 Å². The lowest BCUT2D eigenvalue weighted by Crippen LogP contribution is -2.26. The number of nitrogens with one attached hydrogen (secondary N) is 1. The summed E-state index contributed by atoms with van der Waals surface area (Å²) in [7, 11) is 0. The van der Waals surface area contributed by atoms with Crippen molar-refractivity contribution < 1.29 is 4.79 Å². The zero-order valence-corrected chi connectivity index (χ0v) is 7.76. The highest BCUT2D eigenvalue weighted by molar-refractivity contribution is 5.79. The molecule has 0 spiro atoms. The van der Waals surface area contributed by atoms with Crippen LogP contribution in [0, 0.1) is 17.4 Å². The zero-order valence-electron chi connectivity index (χ0n) is 7.76. The summed E-state index contributed by atoms with van der Waals surface area (Å²) < 4.78 is 0. The molecule has 0 radical (unpaired) electrons. The maximum Gasteiger partial charge on any atom is 0.236 e. The van der Waals surface area contributed by atoms with Gasteiger partial charge in [-0.1, -0.05) is 26.7 Å². The number of carbonyl (C=O) groups excluding carboxylic acids is 1. The van der Waals surface area contributed by atoms with E-state index in [4.69, 9.17) is 5.26 Å².